The SMILES string of the molecule is CCNCC(CC1CC2CCC1C2)c1cccc(F)c1. The molecule has 2 aliphatic rings. The lowest BCUT2D eigenvalue weighted by atomic mass is 9.80. The van der Waals surface area contributed by atoms with Crippen LogP contribution < -0.4 is 5.32 Å². The highest BCUT2D eigenvalue weighted by Gasteiger charge is 2.40. The first-order chi connectivity index (χ1) is 9.76. The third-order valence-electron chi connectivity index (χ3n) is 5.43. The molecular weight excluding hydrogens is 249 g/mol. The first kappa shape index (κ1) is 14.1. The minimum absolute atomic E-state index is 0.100. The maximum atomic E-state index is 13.5. The standard InChI is InChI=1S/C18H26FN/c1-2-20-12-17(14-4-3-5-18(19)11-14)10-16-9-13-6-7-15(16)8-13/h3-5,11,13,15-17,20H,2,6-10,12H2,1H3. The molecule has 0 radical (unpaired) electrons. The first-order valence-corrected chi connectivity index (χ1v) is 8.22. The minimum atomic E-state index is -0.100. The molecule has 1 N–H and O–H groups in total. The second kappa shape index (κ2) is 6.26. The highest BCUT2D eigenvalue weighted by molar-refractivity contribution is 5.21. The Balaban J connectivity index is 1.69. The van der Waals surface area contributed by atoms with E-state index in [9.17, 15) is 4.39 Å². The predicted molar refractivity (Wildman–Crippen MR) is 81.2 cm³/mol. The van der Waals surface area contributed by atoms with Gasteiger partial charge in [0.25, 0.3) is 0 Å². The number of rotatable bonds is 6. The Kier molecular flexibility index (Phi) is 4.40. The first-order valence-electron chi connectivity index (χ1n) is 8.22. The molecule has 0 saturated heterocycles. The molecule has 110 valence electrons. The maximum Gasteiger partial charge on any atom is 0.123 e. The Morgan fingerprint density at radius 1 is 1.30 bits per heavy atom. The van der Waals surface area contributed by atoms with Gasteiger partial charge in [0.1, 0.15) is 5.82 Å². The highest BCUT2D eigenvalue weighted by Crippen LogP contribution is 2.51. The summed E-state index contributed by atoms with van der Waals surface area (Å²) < 4.78 is 13.5. The van der Waals surface area contributed by atoms with E-state index >= 15 is 0 Å². The molecule has 1 aromatic carbocycles. The monoisotopic (exact) mass is 275 g/mol. The van der Waals surface area contributed by atoms with Gasteiger partial charge in [-0.3, -0.25) is 0 Å². The molecule has 2 saturated carbocycles. The number of hydrogen-bond donors (Lipinski definition) is 1. The second-order valence-electron chi connectivity index (χ2n) is 6.73. The summed E-state index contributed by atoms with van der Waals surface area (Å²) >= 11 is 0. The van der Waals surface area contributed by atoms with E-state index in [-0.39, 0.29) is 5.82 Å². The largest absolute Gasteiger partial charge is 0.316 e. The Hall–Kier alpha value is -0.890. The molecule has 1 aromatic rings. The normalized spacial score (nSPS) is 29.8. The molecule has 3 rings (SSSR count). The fraction of sp³-hybridized carbons (Fsp3) is 0.667. The van der Waals surface area contributed by atoms with Crippen molar-refractivity contribution in [2.24, 2.45) is 17.8 Å². The lowest BCUT2D eigenvalue weighted by molar-refractivity contribution is 0.291. The van der Waals surface area contributed by atoms with Crippen LogP contribution in [-0.4, -0.2) is 13.1 Å². The van der Waals surface area contributed by atoms with E-state index < -0.39 is 0 Å². The molecule has 2 aliphatic carbocycles. The smallest absolute Gasteiger partial charge is 0.123 e. The summed E-state index contributed by atoms with van der Waals surface area (Å²) in [5, 5.41) is 3.46. The number of likely N-dealkylation sites (N-methyl/N-ethyl adjacent to an activating group) is 1. The van der Waals surface area contributed by atoms with Crippen molar-refractivity contribution in [1.29, 1.82) is 0 Å². The van der Waals surface area contributed by atoms with Crippen molar-refractivity contribution >= 4 is 0 Å². The number of hydrogen-bond acceptors (Lipinski definition) is 1. The zero-order valence-corrected chi connectivity index (χ0v) is 12.4. The molecule has 0 amide bonds. The summed E-state index contributed by atoms with van der Waals surface area (Å²) in [6.07, 6.45) is 7.01. The van der Waals surface area contributed by atoms with Crippen LogP contribution in [0.5, 0.6) is 0 Å². The van der Waals surface area contributed by atoms with Crippen molar-refractivity contribution in [1.82, 2.24) is 5.32 Å². The van der Waals surface area contributed by atoms with Crippen molar-refractivity contribution in [3.05, 3.63) is 35.6 Å². The molecule has 0 spiro atoms. The minimum Gasteiger partial charge on any atom is -0.316 e. The van der Waals surface area contributed by atoms with Crippen molar-refractivity contribution in [3.63, 3.8) is 0 Å². The number of nitrogens with one attached hydrogen (secondary N) is 1. The number of fused-ring (bicyclic) bond motifs is 2. The van der Waals surface area contributed by atoms with Gasteiger partial charge in [-0.1, -0.05) is 25.5 Å². The molecule has 2 heteroatoms. The van der Waals surface area contributed by atoms with Gasteiger partial charge >= 0.3 is 0 Å². The van der Waals surface area contributed by atoms with E-state index in [4.69, 9.17) is 0 Å². The van der Waals surface area contributed by atoms with E-state index in [0.29, 0.717) is 5.92 Å². The van der Waals surface area contributed by atoms with Crippen LogP contribution in [0.25, 0.3) is 0 Å². The average molecular weight is 275 g/mol. The summed E-state index contributed by atoms with van der Waals surface area (Å²) in [5.74, 6) is 3.20. The van der Waals surface area contributed by atoms with E-state index in [1.807, 2.05) is 6.07 Å². The van der Waals surface area contributed by atoms with Crippen molar-refractivity contribution < 1.29 is 4.39 Å². The van der Waals surface area contributed by atoms with Gasteiger partial charge in [0, 0.05) is 6.54 Å². The quantitative estimate of drug-likeness (QED) is 0.814. The van der Waals surface area contributed by atoms with E-state index in [1.54, 1.807) is 12.1 Å². The van der Waals surface area contributed by atoms with Crippen LogP contribution in [0.4, 0.5) is 4.39 Å². The Morgan fingerprint density at radius 3 is 2.85 bits per heavy atom. The second-order valence-corrected chi connectivity index (χ2v) is 6.73. The zero-order chi connectivity index (χ0) is 13.9. The molecule has 4 unspecified atom stereocenters. The summed E-state index contributed by atoms with van der Waals surface area (Å²) in [5.41, 5.74) is 1.17. The summed E-state index contributed by atoms with van der Waals surface area (Å²) in [6.45, 7) is 4.11. The average Bonchev–Trinajstić information content (AvgIpc) is 3.06. The molecular formula is C18H26FN. The molecule has 4 atom stereocenters. The van der Waals surface area contributed by atoms with Crippen LogP contribution in [0, 0.1) is 23.6 Å². The molecule has 0 aliphatic heterocycles. The van der Waals surface area contributed by atoms with E-state index in [1.165, 1.54) is 37.7 Å². The van der Waals surface area contributed by atoms with E-state index in [2.05, 4.69) is 18.3 Å². The summed E-state index contributed by atoms with van der Waals surface area (Å²) in [4.78, 5) is 0. The maximum absolute atomic E-state index is 13.5. The van der Waals surface area contributed by atoms with Crippen LogP contribution in [0.2, 0.25) is 0 Å². The van der Waals surface area contributed by atoms with Crippen molar-refractivity contribution in [3.8, 4) is 0 Å². The van der Waals surface area contributed by atoms with E-state index in [0.717, 1.165) is 30.8 Å². The lowest BCUT2D eigenvalue weighted by Crippen LogP contribution is -2.24. The Morgan fingerprint density at radius 2 is 2.20 bits per heavy atom. The van der Waals surface area contributed by atoms with Crippen LogP contribution in [-0.2, 0) is 0 Å². The van der Waals surface area contributed by atoms with Crippen molar-refractivity contribution in [2.45, 2.75) is 44.9 Å². The van der Waals surface area contributed by atoms with Crippen LogP contribution in [0.3, 0.4) is 0 Å². The molecule has 1 nitrogen and oxygen atoms in total. The lowest BCUT2D eigenvalue weighted by Gasteiger charge is -2.27. The fourth-order valence-electron chi connectivity index (χ4n) is 4.45. The summed E-state index contributed by atoms with van der Waals surface area (Å²) in [6, 6.07) is 7.23. The zero-order valence-electron chi connectivity index (χ0n) is 12.4. The van der Waals surface area contributed by atoms with Gasteiger partial charge in [-0.2, -0.15) is 0 Å². The highest BCUT2D eigenvalue weighted by atomic mass is 19.1. The van der Waals surface area contributed by atoms with Gasteiger partial charge in [0.05, 0.1) is 0 Å². The molecule has 2 bridgehead atoms. The van der Waals surface area contributed by atoms with Gasteiger partial charge in [-0.15, -0.1) is 0 Å². The van der Waals surface area contributed by atoms with Crippen LogP contribution in [0.15, 0.2) is 24.3 Å². The van der Waals surface area contributed by atoms with Crippen LogP contribution in [0.1, 0.15) is 50.5 Å². The summed E-state index contributed by atoms with van der Waals surface area (Å²) in [7, 11) is 0. The topological polar surface area (TPSA) is 12.0 Å². The Labute approximate surface area is 122 Å². The van der Waals surface area contributed by atoms with Crippen LogP contribution >= 0.6 is 0 Å². The Bertz CT molecular complexity index is 445. The van der Waals surface area contributed by atoms with Gasteiger partial charge in [0.15, 0.2) is 0 Å². The van der Waals surface area contributed by atoms with Gasteiger partial charge < -0.3 is 5.32 Å². The third-order valence-corrected chi connectivity index (χ3v) is 5.43. The fourth-order valence-corrected chi connectivity index (χ4v) is 4.45. The molecule has 20 heavy (non-hydrogen) atoms. The molecule has 0 aromatic heterocycles. The van der Waals surface area contributed by atoms with Crippen molar-refractivity contribution in [2.75, 3.05) is 13.1 Å². The molecule has 0 heterocycles. The predicted octanol–water partition coefficient (Wildman–Crippen LogP) is 4.35. The number of benzene rings is 1. The number of halogens is 1. The van der Waals surface area contributed by atoms with Gasteiger partial charge in [-0.05, 0) is 73.6 Å². The van der Waals surface area contributed by atoms with Gasteiger partial charge in [-0.25, -0.2) is 4.39 Å². The van der Waals surface area contributed by atoms with Gasteiger partial charge in [0.2, 0.25) is 0 Å². The molecule has 2 fully saturated rings. The third kappa shape index (κ3) is 3.06.